The maximum atomic E-state index is 12.6. The molecule has 6 heteroatoms. The second kappa shape index (κ2) is 10.4. The quantitative estimate of drug-likeness (QED) is 0.706. The molecule has 3 rings (SSSR count). The molecule has 2 atom stereocenters. The summed E-state index contributed by atoms with van der Waals surface area (Å²) in [6, 6.07) is -0.000270. The number of carbonyl (C=O) groups excluding carboxylic acids is 2. The number of likely N-dealkylation sites (tertiary alicyclic amines) is 1. The number of nitrogens with one attached hydrogen (secondary N) is 2. The van der Waals surface area contributed by atoms with Crippen molar-refractivity contribution in [2.75, 3.05) is 46.3 Å². The van der Waals surface area contributed by atoms with Crippen LogP contribution < -0.4 is 10.6 Å². The molecule has 154 valence electrons. The van der Waals surface area contributed by atoms with Gasteiger partial charge in [-0.25, -0.2) is 0 Å². The Hall–Kier alpha value is -1.14. The van der Waals surface area contributed by atoms with Gasteiger partial charge >= 0.3 is 0 Å². The molecule has 27 heavy (non-hydrogen) atoms. The molecule has 2 saturated heterocycles. The lowest BCUT2D eigenvalue weighted by Crippen LogP contribution is -2.48. The molecule has 3 aliphatic rings. The van der Waals surface area contributed by atoms with Crippen LogP contribution in [0.25, 0.3) is 0 Å². The molecule has 2 unspecified atom stereocenters. The molecule has 0 aromatic heterocycles. The van der Waals surface area contributed by atoms with Crippen LogP contribution in [0.1, 0.15) is 57.8 Å². The van der Waals surface area contributed by atoms with Crippen molar-refractivity contribution in [1.29, 1.82) is 0 Å². The number of hydrogen-bond acceptors (Lipinski definition) is 4. The van der Waals surface area contributed by atoms with Gasteiger partial charge in [-0.2, -0.15) is 0 Å². The minimum atomic E-state index is -0.000270. The highest BCUT2D eigenvalue weighted by atomic mass is 16.2. The van der Waals surface area contributed by atoms with E-state index in [0.29, 0.717) is 18.4 Å². The van der Waals surface area contributed by atoms with Gasteiger partial charge in [0.15, 0.2) is 0 Å². The highest BCUT2D eigenvalue weighted by Crippen LogP contribution is 2.24. The summed E-state index contributed by atoms with van der Waals surface area (Å²) in [4.78, 5) is 29.1. The van der Waals surface area contributed by atoms with Crippen molar-refractivity contribution in [2.24, 2.45) is 11.8 Å². The maximum absolute atomic E-state index is 12.6. The van der Waals surface area contributed by atoms with E-state index in [-0.39, 0.29) is 17.9 Å². The summed E-state index contributed by atoms with van der Waals surface area (Å²) in [7, 11) is 1.97. The van der Waals surface area contributed by atoms with Crippen LogP contribution >= 0.6 is 0 Å². The lowest BCUT2D eigenvalue weighted by molar-refractivity contribution is -0.132. The second-order valence-corrected chi connectivity index (χ2v) is 8.92. The lowest BCUT2D eigenvalue weighted by atomic mass is 9.89. The predicted octanol–water partition coefficient (Wildman–Crippen LogP) is 1.61. The van der Waals surface area contributed by atoms with E-state index < -0.39 is 0 Å². The molecule has 0 aromatic carbocycles. The van der Waals surface area contributed by atoms with E-state index in [4.69, 9.17) is 0 Å². The van der Waals surface area contributed by atoms with Gasteiger partial charge in [-0.3, -0.25) is 14.5 Å². The Morgan fingerprint density at radius 2 is 1.81 bits per heavy atom. The Kier molecular flexibility index (Phi) is 7.94. The Balaban J connectivity index is 1.36. The second-order valence-electron chi connectivity index (χ2n) is 8.92. The Bertz CT molecular complexity index is 487. The molecule has 0 radical (unpaired) electrons. The molecule has 2 heterocycles. The van der Waals surface area contributed by atoms with Crippen molar-refractivity contribution in [3.8, 4) is 0 Å². The van der Waals surface area contributed by atoms with Crippen molar-refractivity contribution < 1.29 is 9.59 Å². The van der Waals surface area contributed by atoms with Gasteiger partial charge in [0.05, 0.1) is 12.6 Å². The molecule has 2 aliphatic heterocycles. The molecule has 3 fully saturated rings. The monoisotopic (exact) mass is 378 g/mol. The molecule has 2 amide bonds. The fourth-order valence-corrected chi connectivity index (χ4v) is 4.91. The van der Waals surface area contributed by atoms with Crippen LogP contribution in [0, 0.1) is 11.8 Å². The van der Waals surface area contributed by atoms with Crippen molar-refractivity contribution in [3.63, 3.8) is 0 Å². The van der Waals surface area contributed by atoms with E-state index in [0.717, 1.165) is 58.4 Å². The summed E-state index contributed by atoms with van der Waals surface area (Å²) in [6.07, 6.45) is 10.8. The summed E-state index contributed by atoms with van der Waals surface area (Å²) in [5.74, 6) is 1.55. The Morgan fingerprint density at radius 3 is 2.56 bits per heavy atom. The number of piperidine rings is 1. The van der Waals surface area contributed by atoms with Crippen molar-refractivity contribution >= 4 is 11.8 Å². The first-order valence-corrected chi connectivity index (χ1v) is 11.1. The van der Waals surface area contributed by atoms with E-state index in [9.17, 15) is 9.59 Å². The van der Waals surface area contributed by atoms with E-state index in [2.05, 4.69) is 15.5 Å². The van der Waals surface area contributed by atoms with Crippen LogP contribution in [-0.2, 0) is 9.59 Å². The molecule has 1 saturated carbocycles. The van der Waals surface area contributed by atoms with Gasteiger partial charge in [-0.05, 0) is 63.5 Å². The standard InChI is InChI=1S/C21H38N4O2/c1-24(14-17-7-3-2-4-8-17)20(26)16-25-12-6-9-18(15-25)13-23-21(27)19-10-5-11-22-19/h17-19,22H,2-16H2,1H3,(H,23,27). The normalized spacial score (nSPS) is 27.4. The van der Waals surface area contributed by atoms with Crippen LogP contribution in [0.4, 0.5) is 0 Å². The molecule has 0 aromatic rings. The third-order valence-electron chi connectivity index (χ3n) is 6.59. The van der Waals surface area contributed by atoms with E-state index in [1.807, 2.05) is 11.9 Å². The summed E-state index contributed by atoms with van der Waals surface area (Å²) >= 11 is 0. The maximum Gasteiger partial charge on any atom is 0.237 e. The topological polar surface area (TPSA) is 64.7 Å². The third kappa shape index (κ3) is 6.46. The average Bonchev–Trinajstić information content (AvgIpc) is 3.22. The highest BCUT2D eigenvalue weighted by Gasteiger charge is 2.26. The molecule has 0 spiro atoms. The molecular weight excluding hydrogens is 340 g/mol. The molecular formula is C21H38N4O2. The number of rotatable bonds is 7. The number of likely N-dealkylation sites (N-methyl/N-ethyl adjacent to an activating group) is 1. The van der Waals surface area contributed by atoms with Crippen molar-refractivity contribution in [1.82, 2.24) is 20.4 Å². The van der Waals surface area contributed by atoms with Crippen LogP contribution in [0.5, 0.6) is 0 Å². The van der Waals surface area contributed by atoms with Crippen LogP contribution in [-0.4, -0.2) is 74.0 Å². The van der Waals surface area contributed by atoms with Gasteiger partial charge < -0.3 is 15.5 Å². The third-order valence-corrected chi connectivity index (χ3v) is 6.59. The van der Waals surface area contributed by atoms with Crippen molar-refractivity contribution in [2.45, 2.75) is 63.8 Å². The van der Waals surface area contributed by atoms with Crippen molar-refractivity contribution in [3.05, 3.63) is 0 Å². The smallest absolute Gasteiger partial charge is 0.237 e. The molecule has 2 N–H and O–H groups in total. The fraction of sp³-hybridized carbons (Fsp3) is 0.905. The summed E-state index contributed by atoms with van der Waals surface area (Å²) in [6.45, 7) is 5.04. The van der Waals surface area contributed by atoms with Gasteiger partial charge in [0.1, 0.15) is 0 Å². The van der Waals surface area contributed by atoms with Crippen LogP contribution in [0.15, 0.2) is 0 Å². The van der Waals surface area contributed by atoms with E-state index in [1.54, 1.807) is 0 Å². The minimum absolute atomic E-state index is 0.000270. The number of hydrogen-bond donors (Lipinski definition) is 2. The lowest BCUT2D eigenvalue weighted by Gasteiger charge is -2.34. The summed E-state index contributed by atoms with van der Waals surface area (Å²) in [5, 5.41) is 6.37. The van der Waals surface area contributed by atoms with Gasteiger partial charge in [0, 0.05) is 26.7 Å². The molecule has 1 aliphatic carbocycles. The van der Waals surface area contributed by atoms with Gasteiger partial charge in [0.2, 0.25) is 11.8 Å². The first kappa shape index (κ1) is 20.6. The van der Waals surface area contributed by atoms with Gasteiger partial charge in [-0.15, -0.1) is 0 Å². The Labute approximate surface area is 164 Å². The number of nitrogens with zero attached hydrogens (tertiary/aromatic N) is 2. The van der Waals surface area contributed by atoms with Gasteiger partial charge in [-0.1, -0.05) is 19.3 Å². The van der Waals surface area contributed by atoms with E-state index >= 15 is 0 Å². The molecule has 6 nitrogen and oxygen atoms in total. The first-order chi connectivity index (χ1) is 13.1. The summed E-state index contributed by atoms with van der Waals surface area (Å²) < 4.78 is 0. The predicted molar refractivity (Wildman–Crippen MR) is 107 cm³/mol. The fourth-order valence-electron chi connectivity index (χ4n) is 4.91. The molecule has 0 bridgehead atoms. The van der Waals surface area contributed by atoms with Crippen LogP contribution in [0.2, 0.25) is 0 Å². The minimum Gasteiger partial charge on any atom is -0.354 e. The van der Waals surface area contributed by atoms with Gasteiger partial charge in [0.25, 0.3) is 0 Å². The SMILES string of the molecule is CN(CC1CCCCC1)C(=O)CN1CCCC(CNC(=O)C2CCCN2)C1. The number of carbonyl (C=O) groups is 2. The van der Waals surface area contributed by atoms with E-state index in [1.165, 1.54) is 32.1 Å². The zero-order chi connectivity index (χ0) is 19.1. The largest absolute Gasteiger partial charge is 0.354 e. The number of amides is 2. The summed E-state index contributed by atoms with van der Waals surface area (Å²) in [5.41, 5.74) is 0. The Morgan fingerprint density at radius 1 is 1.04 bits per heavy atom. The first-order valence-electron chi connectivity index (χ1n) is 11.1. The zero-order valence-electron chi connectivity index (χ0n) is 17.0. The highest BCUT2D eigenvalue weighted by molar-refractivity contribution is 5.82. The van der Waals surface area contributed by atoms with Crippen LogP contribution in [0.3, 0.4) is 0 Å². The average molecular weight is 379 g/mol. The zero-order valence-corrected chi connectivity index (χ0v) is 17.0.